The van der Waals surface area contributed by atoms with Gasteiger partial charge in [0.25, 0.3) is 0 Å². The quantitative estimate of drug-likeness (QED) is 0.891. The second-order valence-corrected chi connectivity index (χ2v) is 4.09. The van der Waals surface area contributed by atoms with Gasteiger partial charge in [0.15, 0.2) is 0 Å². The van der Waals surface area contributed by atoms with Gasteiger partial charge in [-0.3, -0.25) is 4.79 Å². The topological polar surface area (TPSA) is 49.3 Å². The van der Waals surface area contributed by atoms with E-state index in [9.17, 15) is 18.0 Å². The molecule has 1 aromatic rings. The zero-order chi connectivity index (χ0) is 13.8. The molecule has 0 aliphatic heterocycles. The largest absolute Gasteiger partial charge is 0.414 e. The molecule has 0 heterocycles. The Bertz CT molecular complexity index is 406. The predicted octanol–water partition coefficient (Wildman–Crippen LogP) is 2.98. The maximum atomic E-state index is 12.0. The summed E-state index contributed by atoms with van der Waals surface area (Å²) in [6.45, 7) is 0. The highest BCUT2D eigenvalue weighted by molar-refractivity contribution is 6.30. The van der Waals surface area contributed by atoms with Gasteiger partial charge in [0, 0.05) is 17.1 Å². The van der Waals surface area contributed by atoms with Crippen LogP contribution in [-0.4, -0.2) is 23.3 Å². The third-order valence-electron chi connectivity index (χ3n) is 2.15. The number of aliphatic hydroxyl groups is 1. The molecule has 0 aliphatic carbocycles. The molecule has 1 rings (SSSR count). The fourth-order valence-electron chi connectivity index (χ4n) is 1.19. The van der Waals surface area contributed by atoms with Crippen LogP contribution >= 0.6 is 11.6 Å². The average Bonchev–Trinajstić information content (AvgIpc) is 2.28. The van der Waals surface area contributed by atoms with Crippen LogP contribution in [0, 0.1) is 0 Å². The van der Waals surface area contributed by atoms with Crippen LogP contribution in [0.25, 0.3) is 0 Å². The van der Waals surface area contributed by atoms with Crippen molar-refractivity contribution in [3.05, 3.63) is 29.3 Å². The smallest absolute Gasteiger partial charge is 0.384 e. The molecule has 0 fully saturated rings. The van der Waals surface area contributed by atoms with Crippen LogP contribution in [0.3, 0.4) is 0 Å². The minimum atomic E-state index is -4.69. The molecule has 0 bridgehead atoms. The molecule has 0 saturated carbocycles. The van der Waals surface area contributed by atoms with Gasteiger partial charge in [-0.25, -0.2) is 0 Å². The number of rotatable bonds is 4. The number of carbonyl (C=O) groups excluding carboxylic acids is 1. The number of benzene rings is 1. The van der Waals surface area contributed by atoms with Crippen molar-refractivity contribution >= 4 is 23.2 Å². The number of hydrogen-bond acceptors (Lipinski definition) is 2. The standard InChI is InChI=1S/C11H11ClF3NO2/c12-7-1-3-8(4-2-7)16-10(18)6-5-9(17)11(13,14)15/h1-4,9,17H,5-6H2,(H,16,18). The number of amides is 1. The van der Waals surface area contributed by atoms with Gasteiger partial charge in [0.1, 0.15) is 6.10 Å². The number of nitrogens with one attached hydrogen (secondary N) is 1. The van der Waals surface area contributed by atoms with Crippen LogP contribution in [0.4, 0.5) is 18.9 Å². The lowest BCUT2D eigenvalue weighted by atomic mass is 10.2. The van der Waals surface area contributed by atoms with Crippen molar-refractivity contribution in [2.24, 2.45) is 0 Å². The monoisotopic (exact) mass is 281 g/mol. The molecule has 1 atom stereocenters. The van der Waals surface area contributed by atoms with E-state index in [1.165, 1.54) is 12.1 Å². The summed E-state index contributed by atoms with van der Waals surface area (Å²) < 4.78 is 35.9. The molecule has 3 nitrogen and oxygen atoms in total. The second kappa shape index (κ2) is 6.06. The lowest BCUT2D eigenvalue weighted by Crippen LogP contribution is -2.29. The van der Waals surface area contributed by atoms with E-state index >= 15 is 0 Å². The minimum Gasteiger partial charge on any atom is -0.384 e. The molecule has 7 heteroatoms. The van der Waals surface area contributed by atoms with Gasteiger partial charge in [-0.05, 0) is 30.7 Å². The van der Waals surface area contributed by atoms with E-state index in [0.29, 0.717) is 10.7 Å². The molecule has 1 unspecified atom stereocenters. The highest BCUT2D eigenvalue weighted by Gasteiger charge is 2.37. The molecule has 18 heavy (non-hydrogen) atoms. The van der Waals surface area contributed by atoms with E-state index in [-0.39, 0.29) is 0 Å². The van der Waals surface area contributed by atoms with Gasteiger partial charge in [0.05, 0.1) is 0 Å². The molecular formula is C11H11ClF3NO2. The van der Waals surface area contributed by atoms with Crippen LogP contribution in [0.5, 0.6) is 0 Å². The maximum absolute atomic E-state index is 12.0. The van der Waals surface area contributed by atoms with Crippen molar-refractivity contribution in [2.45, 2.75) is 25.1 Å². The first-order valence-corrected chi connectivity index (χ1v) is 5.47. The SMILES string of the molecule is O=C(CCC(O)C(F)(F)F)Nc1ccc(Cl)cc1. The predicted molar refractivity (Wildman–Crippen MR) is 61.4 cm³/mol. The highest BCUT2D eigenvalue weighted by atomic mass is 35.5. The van der Waals surface area contributed by atoms with Crippen LogP contribution < -0.4 is 5.32 Å². The van der Waals surface area contributed by atoms with Gasteiger partial charge in [-0.15, -0.1) is 0 Å². The molecule has 1 amide bonds. The molecule has 2 N–H and O–H groups in total. The molecule has 0 spiro atoms. The summed E-state index contributed by atoms with van der Waals surface area (Å²) in [4.78, 5) is 11.3. The molecule has 0 aliphatic rings. The minimum absolute atomic E-state index is 0.413. The van der Waals surface area contributed by atoms with Crippen LogP contribution in [0.15, 0.2) is 24.3 Å². The van der Waals surface area contributed by atoms with Crippen LogP contribution in [0.2, 0.25) is 5.02 Å². The van der Waals surface area contributed by atoms with Crippen molar-refractivity contribution < 1.29 is 23.1 Å². The summed E-state index contributed by atoms with van der Waals surface area (Å²) in [6, 6.07) is 6.14. The molecule has 100 valence electrons. The summed E-state index contributed by atoms with van der Waals surface area (Å²) in [6.07, 6.45) is -8.25. The van der Waals surface area contributed by atoms with Gasteiger partial charge in [-0.1, -0.05) is 11.6 Å². The lowest BCUT2D eigenvalue weighted by Gasteiger charge is -2.13. The molecule has 0 aromatic heterocycles. The first kappa shape index (κ1) is 14.8. The van der Waals surface area contributed by atoms with Gasteiger partial charge >= 0.3 is 6.18 Å². The van der Waals surface area contributed by atoms with Crippen molar-refractivity contribution in [1.29, 1.82) is 0 Å². The number of halogens is 4. The van der Waals surface area contributed by atoms with E-state index in [1.54, 1.807) is 12.1 Å². The lowest BCUT2D eigenvalue weighted by molar-refractivity contribution is -0.205. The normalized spacial score (nSPS) is 13.2. The molecule has 1 aromatic carbocycles. The van der Waals surface area contributed by atoms with Crippen molar-refractivity contribution in [3.63, 3.8) is 0 Å². The van der Waals surface area contributed by atoms with Crippen molar-refractivity contribution in [3.8, 4) is 0 Å². The van der Waals surface area contributed by atoms with Gasteiger partial charge < -0.3 is 10.4 Å². The van der Waals surface area contributed by atoms with Gasteiger partial charge in [-0.2, -0.15) is 13.2 Å². The third kappa shape index (κ3) is 4.93. The number of anilines is 1. The summed E-state index contributed by atoms with van der Waals surface area (Å²) in [5.74, 6) is -0.597. The van der Waals surface area contributed by atoms with Crippen molar-refractivity contribution in [2.75, 3.05) is 5.32 Å². The summed E-state index contributed by atoms with van der Waals surface area (Å²) >= 11 is 5.63. The zero-order valence-corrected chi connectivity index (χ0v) is 9.92. The summed E-state index contributed by atoms with van der Waals surface area (Å²) in [5, 5.41) is 11.6. The van der Waals surface area contributed by atoms with Crippen LogP contribution in [-0.2, 0) is 4.79 Å². The van der Waals surface area contributed by atoms with E-state index in [1.807, 2.05) is 0 Å². The first-order chi connectivity index (χ1) is 8.29. The number of hydrogen-bond donors (Lipinski definition) is 2. The van der Waals surface area contributed by atoms with Crippen molar-refractivity contribution in [1.82, 2.24) is 0 Å². The Labute approximate surface area is 107 Å². The van der Waals surface area contributed by atoms with E-state index in [4.69, 9.17) is 16.7 Å². The molecular weight excluding hydrogens is 271 g/mol. The Morgan fingerprint density at radius 3 is 2.39 bits per heavy atom. The molecule has 0 saturated heterocycles. The fourth-order valence-corrected chi connectivity index (χ4v) is 1.31. The molecule has 0 radical (unpaired) electrons. The Balaban J connectivity index is 2.41. The van der Waals surface area contributed by atoms with Gasteiger partial charge in [0.2, 0.25) is 5.91 Å². The fraction of sp³-hybridized carbons (Fsp3) is 0.364. The van der Waals surface area contributed by atoms with E-state index in [2.05, 4.69) is 5.32 Å². The third-order valence-corrected chi connectivity index (χ3v) is 2.40. The van der Waals surface area contributed by atoms with E-state index in [0.717, 1.165) is 0 Å². The first-order valence-electron chi connectivity index (χ1n) is 5.09. The van der Waals surface area contributed by atoms with E-state index < -0.39 is 31.0 Å². The Hall–Kier alpha value is -1.27. The summed E-state index contributed by atoms with van der Waals surface area (Å²) in [5.41, 5.74) is 0.436. The number of aliphatic hydroxyl groups excluding tert-OH is 1. The second-order valence-electron chi connectivity index (χ2n) is 3.65. The Morgan fingerprint density at radius 2 is 1.89 bits per heavy atom. The highest BCUT2D eigenvalue weighted by Crippen LogP contribution is 2.23. The average molecular weight is 282 g/mol. The van der Waals surface area contributed by atoms with Crippen LogP contribution in [0.1, 0.15) is 12.8 Å². The number of alkyl halides is 3. The summed E-state index contributed by atoms with van der Waals surface area (Å²) in [7, 11) is 0. The zero-order valence-electron chi connectivity index (χ0n) is 9.17. The Kier molecular flexibility index (Phi) is 4.98. The number of carbonyl (C=O) groups is 1. The Morgan fingerprint density at radius 1 is 1.33 bits per heavy atom. The maximum Gasteiger partial charge on any atom is 0.414 e.